The zero-order valence-corrected chi connectivity index (χ0v) is 14.9. The lowest BCUT2D eigenvalue weighted by atomic mass is 9.99. The molecular formula is C20H25ClN2O. The van der Waals surface area contributed by atoms with Crippen LogP contribution in [0.15, 0.2) is 42.5 Å². The predicted molar refractivity (Wildman–Crippen MR) is 101 cm³/mol. The van der Waals surface area contributed by atoms with Crippen LogP contribution in [0.4, 0.5) is 0 Å². The van der Waals surface area contributed by atoms with Crippen LogP contribution in [0.1, 0.15) is 30.7 Å². The summed E-state index contributed by atoms with van der Waals surface area (Å²) in [4.78, 5) is 14.9. The number of amides is 1. The topological polar surface area (TPSA) is 32.3 Å². The van der Waals surface area contributed by atoms with Crippen LogP contribution < -0.4 is 5.32 Å². The minimum Gasteiger partial charge on any atom is -0.341 e. The number of benzene rings is 2. The molecule has 0 spiro atoms. The third-order valence-corrected chi connectivity index (χ3v) is 5.47. The van der Waals surface area contributed by atoms with Crippen LogP contribution in [0, 0.1) is 5.92 Å². The molecule has 3 unspecified atom stereocenters. The average Bonchev–Trinajstić information content (AvgIpc) is 3.41. The number of hydrogen-bond donors (Lipinski definition) is 1. The summed E-state index contributed by atoms with van der Waals surface area (Å²) >= 11 is 0. The Bertz CT molecular complexity index is 727. The van der Waals surface area contributed by atoms with Crippen molar-refractivity contribution in [1.82, 2.24) is 10.2 Å². The van der Waals surface area contributed by atoms with Crippen LogP contribution in [0.25, 0.3) is 10.8 Å². The number of likely N-dealkylation sites (N-methyl/N-ethyl adjacent to an activating group) is 1. The summed E-state index contributed by atoms with van der Waals surface area (Å²) in [5, 5.41) is 5.90. The van der Waals surface area contributed by atoms with Crippen LogP contribution in [-0.4, -0.2) is 37.0 Å². The van der Waals surface area contributed by atoms with E-state index in [9.17, 15) is 4.79 Å². The summed E-state index contributed by atoms with van der Waals surface area (Å²) in [5.41, 5.74) is 1.35. The smallest absolute Gasteiger partial charge is 0.226 e. The molecule has 2 aliphatic rings. The number of rotatable bonds is 3. The number of carbonyl (C=O) groups excluding carboxylic acids is 1. The van der Waals surface area contributed by atoms with Crippen LogP contribution in [0.5, 0.6) is 0 Å². The normalized spacial score (nSPS) is 26.0. The maximum Gasteiger partial charge on any atom is 0.226 e. The lowest BCUT2D eigenvalue weighted by molar-refractivity contribution is -0.134. The zero-order valence-electron chi connectivity index (χ0n) is 14.1. The molecule has 1 amide bonds. The van der Waals surface area contributed by atoms with Gasteiger partial charge in [0, 0.05) is 25.0 Å². The standard InChI is InChI=1S/C20H24N2O.ClH/c1-21-15-8-5-11-22(13-15)20(23)19-12-18(19)17-10-4-7-14-6-2-3-9-16(14)17;/h2-4,6-7,9-10,15,18-19,21H,5,8,11-13H2,1H3;1H. The van der Waals surface area contributed by atoms with Gasteiger partial charge in [0.1, 0.15) is 0 Å². The Morgan fingerprint density at radius 3 is 2.79 bits per heavy atom. The largest absolute Gasteiger partial charge is 0.341 e. The van der Waals surface area contributed by atoms with Gasteiger partial charge in [-0.2, -0.15) is 0 Å². The predicted octanol–water partition coefficient (Wildman–Crippen LogP) is 3.58. The molecule has 1 aliphatic carbocycles. The second-order valence-electron chi connectivity index (χ2n) is 6.93. The molecule has 1 aliphatic heterocycles. The molecule has 1 saturated carbocycles. The highest BCUT2D eigenvalue weighted by Crippen LogP contribution is 2.50. The second kappa shape index (κ2) is 7.12. The Morgan fingerprint density at radius 1 is 1.17 bits per heavy atom. The van der Waals surface area contributed by atoms with Gasteiger partial charge in [-0.05, 0) is 48.6 Å². The van der Waals surface area contributed by atoms with E-state index in [0.29, 0.717) is 17.9 Å². The van der Waals surface area contributed by atoms with Crippen LogP contribution >= 0.6 is 12.4 Å². The van der Waals surface area contributed by atoms with Crippen molar-refractivity contribution in [3.8, 4) is 0 Å². The summed E-state index contributed by atoms with van der Waals surface area (Å²) in [6, 6.07) is 15.4. The van der Waals surface area contributed by atoms with Crippen molar-refractivity contribution >= 4 is 29.1 Å². The van der Waals surface area contributed by atoms with Crippen molar-refractivity contribution in [2.45, 2.75) is 31.2 Å². The fourth-order valence-corrected chi connectivity index (χ4v) is 4.03. The molecule has 4 rings (SSSR count). The molecule has 2 aromatic rings. The minimum atomic E-state index is 0. The molecular weight excluding hydrogens is 320 g/mol. The van der Waals surface area contributed by atoms with Gasteiger partial charge in [-0.3, -0.25) is 4.79 Å². The number of halogens is 1. The molecule has 1 N–H and O–H groups in total. The fraction of sp³-hybridized carbons (Fsp3) is 0.450. The molecule has 0 aromatic heterocycles. The maximum absolute atomic E-state index is 12.8. The van der Waals surface area contributed by atoms with E-state index in [4.69, 9.17) is 0 Å². The monoisotopic (exact) mass is 344 g/mol. The first-order valence-electron chi connectivity index (χ1n) is 8.71. The molecule has 24 heavy (non-hydrogen) atoms. The zero-order chi connectivity index (χ0) is 15.8. The van der Waals surface area contributed by atoms with E-state index >= 15 is 0 Å². The van der Waals surface area contributed by atoms with Gasteiger partial charge >= 0.3 is 0 Å². The summed E-state index contributed by atoms with van der Waals surface area (Å²) in [6.45, 7) is 1.80. The van der Waals surface area contributed by atoms with Crippen molar-refractivity contribution in [2.24, 2.45) is 5.92 Å². The first-order valence-corrected chi connectivity index (χ1v) is 8.71. The van der Waals surface area contributed by atoms with Gasteiger partial charge in [-0.15, -0.1) is 12.4 Å². The number of nitrogens with one attached hydrogen (secondary N) is 1. The Morgan fingerprint density at radius 2 is 1.96 bits per heavy atom. The SMILES string of the molecule is CNC1CCCN(C(=O)C2CC2c2cccc3ccccc23)C1.Cl. The maximum atomic E-state index is 12.8. The summed E-state index contributed by atoms with van der Waals surface area (Å²) in [5.74, 6) is 0.961. The second-order valence-corrected chi connectivity index (χ2v) is 6.93. The highest BCUT2D eigenvalue weighted by atomic mass is 35.5. The molecule has 2 fully saturated rings. The van der Waals surface area contributed by atoms with Crippen molar-refractivity contribution in [3.05, 3.63) is 48.0 Å². The molecule has 3 nitrogen and oxygen atoms in total. The Kier molecular flexibility index (Phi) is 5.12. The van der Waals surface area contributed by atoms with Gasteiger partial charge in [-0.25, -0.2) is 0 Å². The number of fused-ring (bicyclic) bond motifs is 1. The van der Waals surface area contributed by atoms with Crippen molar-refractivity contribution < 1.29 is 4.79 Å². The molecule has 0 radical (unpaired) electrons. The number of nitrogens with zero attached hydrogens (tertiary/aromatic N) is 1. The Balaban J connectivity index is 0.00000169. The van der Waals surface area contributed by atoms with Crippen molar-refractivity contribution in [1.29, 1.82) is 0 Å². The van der Waals surface area contributed by atoms with Crippen LogP contribution in [0.2, 0.25) is 0 Å². The summed E-state index contributed by atoms with van der Waals surface area (Å²) in [6.07, 6.45) is 3.30. The van der Waals surface area contributed by atoms with Gasteiger partial charge in [0.2, 0.25) is 5.91 Å². The van der Waals surface area contributed by atoms with E-state index in [2.05, 4.69) is 52.7 Å². The van der Waals surface area contributed by atoms with Gasteiger partial charge < -0.3 is 10.2 Å². The van der Waals surface area contributed by atoms with E-state index in [1.807, 2.05) is 7.05 Å². The molecule has 1 heterocycles. The van der Waals surface area contributed by atoms with E-state index in [1.165, 1.54) is 22.8 Å². The first kappa shape index (κ1) is 17.2. The highest BCUT2D eigenvalue weighted by molar-refractivity contribution is 5.89. The molecule has 1 saturated heterocycles. The minimum absolute atomic E-state index is 0. The summed E-state index contributed by atoms with van der Waals surface area (Å²) in [7, 11) is 1.99. The van der Waals surface area contributed by atoms with Crippen LogP contribution in [-0.2, 0) is 4.79 Å². The molecule has 128 valence electrons. The molecule has 0 bridgehead atoms. The molecule has 2 aromatic carbocycles. The van der Waals surface area contributed by atoms with Gasteiger partial charge in [0.25, 0.3) is 0 Å². The highest BCUT2D eigenvalue weighted by Gasteiger charge is 2.46. The number of carbonyl (C=O) groups is 1. The lowest BCUT2D eigenvalue weighted by Gasteiger charge is -2.32. The van der Waals surface area contributed by atoms with Gasteiger partial charge in [0.05, 0.1) is 0 Å². The Labute approximate surface area is 149 Å². The third-order valence-electron chi connectivity index (χ3n) is 5.47. The molecule has 4 heteroatoms. The van der Waals surface area contributed by atoms with E-state index < -0.39 is 0 Å². The summed E-state index contributed by atoms with van der Waals surface area (Å²) < 4.78 is 0. The average molecular weight is 345 g/mol. The Hall–Kier alpha value is -1.58. The first-order chi connectivity index (χ1) is 11.3. The lowest BCUT2D eigenvalue weighted by Crippen LogP contribution is -2.47. The van der Waals surface area contributed by atoms with Crippen LogP contribution in [0.3, 0.4) is 0 Å². The quantitative estimate of drug-likeness (QED) is 0.923. The number of hydrogen-bond acceptors (Lipinski definition) is 2. The van der Waals surface area contributed by atoms with E-state index in [1.54, 1.807) is 0 Å². The van der Waals surface area contributed by atoms with Gasteiger partial charge in [-0.1, -0.05) is 42.5 Å². The number of likely N-dealkylation sites (tertiary alicyclic amines) is 1. The van der Waals surface area contributed by atoms with Crippen molar-refractivity contribution in [3.63, 3.8) is 0 Å². The fourth-order valence-electron chi connectivity index (χ4n) is 4.03. The van der Waals surface area contributed by atoms with E-state index in [0.717, 1.165) is 25.9 Å². The van der Waals surface area contributed by atoms with Gasteiger partial charge in [0.15, 0.2) is 0 Å². The third kappa shape index (κ3) is 3.15. The molecule has 3 atom stereocenters. The number of piperidine rings is 1. The van der Waals surface area contributed by atoms with Crippen molar-refractivity contribution in [2.75, 3.05) is 20.1 Å². The van der Waals surface area contributed by atoms with E-state index in [-0.39, 0.29) is 18.3 Å².